The first kappa shape index (κ1) is 6.39. The van der Waals surface area contributed by atoms with Crippen LogP contribution in [0.1, 0.15) is 24.3 Å². The number of nitrogens with one attached hydrogen (secondary N) is 2. The summed E-state index contributed by atoms with van der Waals surface area (Å²) in [7, 11) is 0. The van der Waals surface area contributed by atoms with E-state index in [1.54, 1.807) is 0 Å². The first-order valence-corrected chi connectivity index (χ1v) is 3.59. The smallest absolute Gasteiger partial charge is 0.314 e. The Labute approximate surface area is 62.3 Å². The van der Waals surface area contributed by atoms with Crippen LogP contribution in [0, 0.1) is 0 Å². The number of hydrogen-bond acceptors (Lipinski definition) is 2. The molecule has 0 atom stereocenters. The molecule has 0 aromatic carbocycles. The summed E-state index contributed by atoms with van der Waals surface area (Å²) in [6.07, 6.45) is 3.64. The minimum atomic E-state index is -0.431. The van der Waals surface area contributed by atoms with Crippen molar-refractivity contribution in [3.05, 3.63) is 32.6 Å². The van der Waals surface area contributed by atoms with Gasteiger partial charge in [-0.1, -0.05) is 0 Å². The molecule has 2 rings (SSSR count). The van der Waals surface area contributed by atoms with Crippen molar-refractivity contribution in [1.82, 2.24) is 9.97 Å². The maximum Gasteiger partial charge on any atom is 0.325 e. The molecule has 0 amide bonds. The van der Waals surface area contributed by atoms with Crippen molar-refractivity contribution >= 4 is 0 Å². The van der Waals surface area contributed by atoms with Crippen molar-refractivity contribution in [2.24, 2.45) is 0 Å². The molecule has 4 nitrogen and oxygen atoms in total. The summed E-state index contributed by atoms with van der Waals surface area (Å²) in [5.74, 6) is 0.385. The van der Waals surface area contributed by atoms with Crippen LogP contribution in [0.2, 0.25) is 0 Å². The molecule has 1 aliphatic rings. The van der Waals surface area contributed by atoms with Crippen LogP contribution in [0.25, 0.3) is 0 Å². The number of aromatic amines is 2. The molecule has 0 unspecified atom stereocenters. The summed E-state index contributed by atoms with van der Waals surface area (Å²) >= 11 is 0. The van der Waals surface area contributed by atoms with E-state index in [2.05, 4.69) is 9.97 Å². The monoisotopic (exact) mass is 152 g/mol. The predicted octanol–water partition coefficient (Wildman–Crippen LogP) is -0.0594. The van der Waals surface area contributed by atoms with Gasteiger partial charge in [-0.25, -0.2) is 4.79 Å². The topological polar surface area (TPSA) is 65.7 Å². The Kier molecular flexibility index (Phi) is 1.21. The van der Waals surface area contributed by atoms with Crippen molar-refractivity contribution in [1.29, 1.82) is 0 Å². The van der Waals surface area contributed by atoms with E-state index in [0.717, 1.165) is 12.8 Å². The van der Waals surface area contributed by atoms with Gasteiger partial charge in [0.15, 0.2) is 0 Å². The van der Waals surface area contributed by atoms with Gasteiger partial charge in [-0.3, -0.25) is 9.78 Å². The molecule has 0 spiro atoms. The zero-order valence-electron chi connectivity index (χ0n) is 5.89. The summed E-state index contributed by atoms with van der Waals surface area (Å²) in [6.45, 7) is 0. The van der Waals surface area contributed by atoms with Crippen LogP contribution in [-0.4, -0.2) is 9.97 Å². The van der Waals surface area contributed by atoms with E-state index in [4.69, 9.17) is 0 Å². The highest BCUT2D eigenvalue weighted by molar-refractivity contribution is 5.15. The number of hydrogen-bond donors (Lipinski definition) is 2. The van der Waals surface area contributed by atoms with E-state index in [1.165, 1.54) is 6.20 Å². The average molecular weight is 152 g/mol. The highest BCUT2D eigenvalue weighted by Gasteiger charge is 2.26. The third-order valence-electron chi connectivity index (χ3n) is 1.87. The molecule has 58 valence electrons. The fourth-order valence-corrected chi connectivity index (χ4v) is 1.12. The quantitative estimate of drug-likeness (QED) is 0.592. The van der Waals surface area contributed by atoms with Crippen LogP contribution in [0.4, 0.5) is 0 Å². The molecule has 1 aliphatic carbocycles. The zero-order chi connectivity index (χ0) is 7.84. The second-order valence-electron chi connectivity index (χ2n) is 2.80. The summed E-state index contributed by atoms with van der Waals surface area (Å²) in [5.41, 5.74) is 0.0419. The first-order valence-electron chi connectivity index (χ1n) is 3.59. The molecule has 0 saturated heterocycles. The molecule has 1 aromatic heterocycles. The van der Waals surface area contributed by atoms with Gasteiger partial charge in [0.05, 0.1) is 0 Å². The van der Waals surface area contributed by atoms with Gasteiger partial charge >= 0.3 is 5.69 Å². The Balaban J connectivity index is 2.56. The minimum absolute atomic E-state index is 0.240. The Bertz CT molecular complexity index is 373. The average Bonchev–Trinajstić information content (AvgIpc) is 2.70. The second kappa shape index (κ2) is 2.08. The van der Waals surface area contributed by atoms with Crippen LogP contribution >= 0.6 is 0 Å². The molecule has 1 heterocycles. The number of rotatable bonds is 1. The van der Waals surface area contributed by atoms with Gasteiger partial charge in [0, 0.05) is 11.8 Å². The standard InChI is InChI=1S/C7H8N2O2/c10-6-5(4-1-2-4)3-8-7(11)9-6/h3-4H,1-2H2,(H2,8,9,10,11). The summed E-state index contributed by atoms with van der Waals surface area (Å²) in [5, 5.41) is 0. The molecule has 1 aromatic rings. The lowest BCUT2D eigenvalue weighted by Gasteiger charge is -1.91. The van der Waals surface area contributed by atoms with Crippen LogP contribution in [0.5, 0.6) is 0 Å². The molecule has 1 saturated carbocycles. The predicted molar refractivity (Wildman–Crippen MR) is 39.7 cm³/mol. The van der Waals surface area contributed by atoms with Crippen LogP contribution < -0.4 is 11.2 Å². The van der Waals surface area contributed by atoms with Gasteiger partial charge < -0.3 is 4.98 Å². The second-order valence-corrected chi connectivity index (χ2v) is 2.80. The van der Waals surface area contributed by atoms with E-state index in [9.17, 15) is 9.59 Å². The molecule has 1 fully saturated rings. The normalized spacial score (nSPS) is 16.7. The molecule has 0 radical (unpaired) electrons. The maximum absolute atomic E-state index is 11.0. The molecule has 0 bridgehead atoms. The Morgan fingerprint density at radius 1 is 1.36 bits per heavy atom. The van der Waals surface area contributed by atoms with E-state index < -0.39 is 5.69 Å². The Morgan fingerprint density at radius 2 is 2.09 bits per heavy atom. The minimum Gasteiger partial charge on any atom is -0.314 e. The third-order valence-corrected chi connectivity index (χ3v) is 1.87. The van der Waals surface area contributed by atoms with Gasteiger partial charge in [-0.05, 0) is 18.8 Å². The van der Waals surface area contributed by atoms with Gasteiger partial charge in [-0.15, -0.1) is 0 Å². The van der Waals surface area contributed by atoms with Crippen LogP contribution in [-0.2, 0) is 0 Å². The van der Waals surface area contributed by atoms with Crippen LogP contribution in [0.15, 0.2) is 15.8 Å². The molecule has 11 heavy (non-hydrogen) atoms. The fourth-order valence-electron chi connectivity index (χ4n) is 1.12. The third kappa shape index (κ3) is 1.11. The molecule has 0 aliphatic heterocycles. The summed E-state index contributed by atoms with van der Waals surface area (Å²) < 4.78 is 0. The van der Waals surface area contributed by atoms with Gasteiger partial charge in [0.2, 0.25) is 0 Å². The SMILES string of the molecule is O=c1[nH]cc(C2CC2)c(=O)[nH]1. The summed E-state index contributed by atoms with van der Waals surface area (Å²) in [4.78, 5) is 26.3. The lowest BCUT2D eigenvalue weighted by atomic mass is 10.2. The lowest BCUT2D eigenvalue weighted by molar-refractivity contribution is 0.954. The van der Waals surface area contributed by atoms with Crippen LogP contribution in [0.3, 0.4) is 0 Å². The van der Waals surface area contributed by atoms with E-state index in [0.29, 0.717) is 11.5 Å². The van der Waals surface area contributed by atoms with Crippen molar-refractivity contribution in [3.63, 3.8) is 0 Å². The van der Waals surface area contributed by atoms with Gasteiger partial charge in [0.1, 0.15) is 0 Å². The largest absolute Gasteiger partial charge is 0.325 e. The van der Waals surface area contributed by atoms with Crippen molar-refractivity contribution in [2.45, 2.75) is 18.8 Å². The van der Waals surface area contributed by atoms with Gasteiger partial charge in [-0.2, -0.15) is 0 Å². The van der Waals surface area contributed by atoms with Crippen molar-refractivity contribution in [3.8, 4) is 0 Å². The maximum atomic E-state index is 11.0. The van der Waals surface area contributed by atoms with E-state index >= 15 is 0 Å². The van der Waals surface area contributed by atoms with Crippen molar-refractivity contribution < 1.29 is 0 Å². The molecule has 2 N–H and O–H groups in total. The molecule has 4 heteroatoms. The first-order chi connectivity index (χ1) is 5.27. The highest BCUT2D eigenvalue weighted by Crippen LogP contribution is 2.37. The fraction of sp³-hybridized carbons (Fsp3) is 0.429. The zero-order valence-corrected chi connectivity index (χ0v) is 5.89. The highest BCUT2D eigenvalue weighted by atomic mass is 16.2. The van der Waals surface area contributed by atoms with E-state index in [-0.39, 0.29) is 5.56 Å². The Hall–Kier alpha value is -1.32. The van der Waals surface area contributed by atoms with Gasteiger partial charge in [0.25, 0.3) is 5.56 Å². The lowest BCUT2D eigenvalue weighted by Crippen LogP contribution is -2.23. The molecular formula is C7H8N2O2. The Morgan fingerprint density at radius 3 is 2.64 bits per heavy atom. The summed E-state index contributed by atoms with van der Waals surface area (Å²) in [6, 6.07) is 0. The van der Waals surface area contributed by atoms with Crippen molar-refractivity contribution in [2.75, 3.05) is 0 Å². The molecular weight excluding hydrogens is 144 g/mol. The number of H-pyrrole nitrogens is 2. The number of aromatic nitrogens is 2. The van der Waals surface area contributed by atoms with E-state index in [1.807, 2.05) is 0 Å².